The van der Waals surface area contributed by atoms with Crippen molar-refractivity contribution >= 4 is 33.4 Å². The molecule has 2 fully saturated rings. The van der Waals surface area contributed by atoms with Gasteiger partial charge in [-0.1, -0.05) is 12.8 Å². The summed E-state index contributed by atoms with van der Waals surface area (Å²) >= 11 is 1.38. The third-order valence-corrected chi connectivity index (χ3v) is 9.11. The van der Waals surface area contributed by atoms with E-state index in [1.165, 1.54) is 11.8 Å². The fraction of sp³-hybridized carbons (Fsp3) is 0.609. The molecule has 3 N–H and O–H groups in total. The first-order valence-corrected chi connectivity index (χ1v) is 14.1. The van der Waals surface area contributed by atoms with Crippen LogP contribution in [0.1, 0.15) is 38.5 Å². The van der Waals surface area contributed by atoms with Gasteiger partial charge in [-0.2, -0.15) is 5.26 Å². The minimum atomic E-state index is -3.55. The lowest BCUT2D eigenvalue weighted by Crippen LogP contribution is -2.46. The number of nitriles is 1. The molecule has 2 amide bonds. The molecule has 0 bridgehead atoms. The number of carbonyl (C=O) groups excluding carboxylic acids is 2. The first-order valence-electron chi connectivity index (χ1n) is 11.5. The minimum absolute atomic E-state index is 0.0246. The van der Waals surface area contributed by atoms with E-state index in [1.807, 2.05) is 6.07 Å². The first kappa shape index (κ1) is 25.5. The van der Waals surface area contributed by atoms with Crippen LogP contribution in [0.2, 0.25) is 0 Å². The second-order valence-electron chi connectivity index (χ2n) is 8.68. The molecule has 33 heavy (non-hydrogen) atoms. The molecule has 3 unspecified atom stereocenters. The maximum Gasteiger partial charge on any atom is 0.230 e. The Balaban J connectivity index is 1.54. The molecular formula is C23H32N4O4S2. The third kappa shape index (κ3) is 7.73. The van der Waals surface area contributed by atoms with Gasteiger partial charge in [-0.05, 0) is 62.4 Å². The van der Waals surface area contributed by atoms with Crippen LogP contribution in [0, 0.1) is 23.2 Å². The van der Waals surface area contributed by atoms with Crippen LogP contribution in [0.25, 0.3) is 0 Å². The summed E-state index contributed by atoms with van der Waals surface area (Å²) in [6.45, 7) is 1.72. The molecule has 1 saturated carbocycles. The normalized spacial score (nSPS) is 23.3. The number of thioether (sulfide) groups is 1. The van der Waals surface area contributed by atoms with Crippen molar-refractivity contribution in [2.24, 2.45) is 11.8 Å². The zero-order valence-electron chi connectivity index (χ0n) is 18.7. The van der Waals surface area contributed by atoms with Crippen molar-refractivity contribution in [3.05, 3.63) is 24.3 Å². The van der Waals surface area contributed by atoms with Gasteiger partial charge in [0.2, 0.25) is 11.8 Å². The highest BCUT2D eigenvalue weighted by Crippen LogP contribution is 2.33. The van der Waals surface area contributed by atoms with Crippen molar-refractivity contribution in [1.82, 2.24) is 16.0 Å². The van der Waals surface area contributed by atoms with Crippen LogP contribution in [0.5, 0.6) is 0 Å². The molecular weight excluding hydrogens is 460 g/mol. The summed E-state index contributed by atoms with van der Waals surface area (Å²) in [7, 11) is -3.55. The van der Waals surface area contributed by atoms with Crippen LogP contribution in [0.4, 0.5) is 0 Å². The van der Waals surface area contributed by atoms with E-state index in [4.69, 9.17) is 5.26 Å². The summed E-state index contributed by atoms with van der Waals surface area (Å²) in [5.41, 5.74) is 0. The predicted octanol–water partition coefficient (Wildman–Crippen LogP) is 1.87. The minimum Gasteiger partial charge on any atom is -0.351 e. The molecule has 3 atom stereocenters. The number of rotatable bonds is 9. The number of amides is 2. The second-order valence-corrected chi connectivity index (χ2v) is 11.8. The SMILES string of the molecule is N#CCNC(=O)C1CCCCC1CS(=O)(=O)c1ccc(SCC(=O)NC2CCCNC2)cc1. The Hall–Kier alpha value is -2.09. The van der Waals surface area contributed by atoms with Gasteiger partial charge < -0.3 is 16.0 Å². The molecule has 3 rings (SSSR count). The van der Waals surface area contributed by atoms with Crippen molar-refractivity contribution < 1.29 is 18.0 Å². The Morgan fingerprint density at radius 3 is 2.58 bits per heavy atom. The fourth-order valence-corrected chi connectivity index (χ4v) is 6.94. The van der Waals surface area contributed by atoms with Crippen LogP contribution in [-0.2, 0) is 19.4 Å². The van der Waals surface area contributed by atoms with Crippen molar-refractivity contribution in [3.8, 4) is 6.07 Å². The summed E-state index contributed by atoms with van der Waals surface area (Å²) in [4.78, 5) is 25.6. The summed E-state index contributed by atoms with van der Waals surface area (Å²) in [5, 5.41) is 17.6. The van der Waals surface area contributed by atoms with Crippen molar-refractivity contribution in [2.75, 3.05) is 31.1 Å². The number of piperidine rings is 1. The van der Waals surface area contributed by atoms with Crippen LogP contribution in [0.3, 0.4) is 0 Å². The van der Waals surface area contributed by atoms with E-state index in [-0.39, 0.29) is 52.6 Å². The van der Waals surface area contributed by atoms with Crippen molar-refractivity contribution in [1.29, 1.82) is 5.26 Å². The summed E-state index contributed by atoms with van der Waals surface area (Å²) in [6, 6.07) is 8.67. The Kier molecular flexibility index (Phi) is 9.59. The summed E-state index contributed by atoms with van der Waals surface area (Å²) in [6.07, 6.45) is 5.15. The van der Waals surface area contributed by atoms with E-state index in [9.17, 15) is 18.0 Å². The molecule has 1 aromatic carbocycles. The number of benzene rings is 1. The molecule has 0 radical (unpaired) electrons. The van der Waals surface area contributed by atoms with E-state index in [0.29, 0.717) is 12.8 Å². The van der Waals surface area contributed by atoms with Gasteiger partial charge in [0.15, 0.2) is 9.84 Å². The standard InChI is InChI=1S/C23H32N4O4S2/c24-11-13-26-23(29)21-6-2-1-4-17(21)16-33(30,31)20-9-7-19(8-10-20)32-15-22(28)27-18-5-3-12-25-14-18/h7-10,17-18,21,25H,1-6,12-16H2,(H,26,29)(H,27,28). The van der Waals surface area contributed by atoms with Gasteiger partial charge in [0.1, 0.15) is 6.54 Å². The van der Waals surface area contributed by atoms with Crippen LogP contribution in [0.15, 0.2) is 34.1 Å². The van der Waals surface area contributed by atoms with E-state index in [1.54, 1.807) is 24.3 Å². The maximum atomic E-state index is 13.0. The molecule has 1 saturated heterocycles. The largest absolute Gasteiger partial charge is 0.351 e. The number of hydrogen-bond acceptors (Lipinski definition) is 7. The quantitative estimate of drug-likeness (QED) is 0.355. The Morgan fingerprint density at radius 1 is 1.12 bits per heavy atom. The topological polar surface area (TPSA) is 128 Å². The van der Waals surface area contributed by atoms with Crippen LogP contribution in [-0.4, -0.2) is 57.4 Å². The van der Waals surface area contributed by atoms with E-state index >= 15 is 0 Å². The van der Waals surface area contributed by atoms with Gasteiger partial charge in [-0.3, -0.25) is 9.59 Å². The zero-order valence-corrected chi connectivity index (χ0v) is 20.3. The highest BCUT2D eigenvalue weighted by Gasteiger charge is 2.34. The molecule has 1 heterocycles. The van der Waals surface area contributed by atoms with Crippen molar-refractivity contribution in [2.45, 2.75) is 54.4 Å². The lowest BCUT2D eigenvalue weighted by Gasteiger charge is -2.30. The molecule has 0 aromatic heterocycles. The lowest BCUT2D eigenvalue weighted by molar-refractivity contribution is -0.127. The van der Waals surface area contributed by atoms with Crippen LogP contribution >= 0.6 is 11.8 Å². The van der Waals surface area contributed by atoms with Gasteiger partial charge >= 0.3 is 0 Å². The fourth-order valence-electron chi connectivity index (χ4n) is 4.52. The maximum absolute atomic E-state index is 13.0. The second kappa shape index (κ2) is 12.4. The Morgan fingerprint density at radius 2 is 1.88 bits per heavy atom. The molecule has 1 aromatic rings. The van der Waals surface area contributed by atoms with Gasteiger partial charge in [-0.25, -0.2) is 8.42 Å². The molecule has 10 heteroatoms. The smallest absolute Gasteiger partial charge is 0.230 e. The number of hydrogen-bond donors (Lipinski definition) is 3. The molecule has 2 aliphatic rings. The average Bonchev–Trinajstić information content (AvgIpc) is 2.82. The number of carbonyl (C=O) groups is 2. The van der Waals surface area contributed by atoms with Gasteiger partial charge in [0, 0.05) is 23.4 Å². The van der Waals surface area contributed by atoms with Crippen molar-refractivity contribution in [3.63, 3.8) is 0 Å². The van der Waals surface area contributed by atoms with E-state index in [2.05, 4.69) is 16.0 Å². The Bertz CT molecular complexity index is 954. The molecule has 1 aliphatic carbocycles. The Labute approximate surface area is 200 Å². The highest BCUT2D eigenvalue weighted by molar-refractivity contribution is 8.00. The monoisotopic (exact) mass is 492 g/mol. The van der Waals surface area contributed by atoms with Crippen LogP contribution < -0.4 is 16.0 Å². The highest BCUT2D eigenvalue weighted by atomic mass is 32.2. The number of sulfone groups is 1. The van der Waals surface area contributed by atoms with E-state index < -0.39 is 9.84 Å². The average molecular weight is 493 g/mol. The number of nitrogens with one attached hydrogen (secondary N) is 3. The summed E-state index contributed by atoms with van der Waals surface area (Å²) < 4.78 is 26.0. The van der Waals surface area contributed by atoms with Gasteiger partial charge in [-0.15, -0.1) is 11.8 Å². The molecule has 0 spiro atoms. The van der Waals surface area contributed by atoms with E-state index in [0.717, 1.165) is 43.7 Å². The van der Waals surface area contributed by atoms with Gasteiger partial charge in [0.25, 0.3) is 0 Å². The zero-order chi connectivity index (χ0) is 23.7. The number of nitrogens with zero attached hydrogens (tertiary/aromatic N) is 1. The molecule has 1 aliphatic heterocycles. The van der Waals surface area contributed by atoms with Gasteiger partial charge in [0.05, 0.1) is 22.5 Å². The first-order chi connectivity index (χ1) is 15.9. The lowest BCUT2D eigenvalue weighted by atomic mass is 9.80. The summed E-state index contributed by atoms with van der Waals surface area (Å²) in [5.74, 6) is -0.690. The predicted molar refractivity (Wildman–Crippen MR) is 127 cm³/mol. The molecule has 8 nitrogen and oxygen atoms in total. The third-order valence-electron chi connectivity index (χ3n) is 6.24. The molecule has 180 valence electrons.